The molecule has 1 saturated heterocycles. The van der Waals surface area contributed by atoms with Crippen LogP contribution in [0.5, 0.6) is 0 Å². The Labute approximate surface area is 125 Å². The summed E-state index contributed by atoms with van der Waals surface area (Å²) >= 11 is 12.4. The molecular weight excluding hydrogens is 281 g/mol. The molecule has 0 aromatic heterocycles. The first kappa shape index (κ1) is 15.1. The third kappa shape index (κ3) is 3.63. The highest BCUT2D eigenvalue weighted by Gasteiger charge is 2.34. The van der Waals surface area contributed by atoms with Crippen LogP contribution in [0.3, 0.4) is 0 Å². The van der Waals surface area contributed by atoms with Crippen molar-refractivity contribution in [3.63, 3.8) is 0 Å². The molecule has 1 aliphatic rings. The van der Waals surface area contributed by atoms with E-state index in [9.17, 15) is 0 Å². The predicted octanol–water partition coefficient (Wildman–Crippen LogP) is 4.46. The Morgan fingerprint density at radius 3 is 2.84 bits per heavy atom. The highest BCUT2D eigenvalue weighted by molar-refractivity contribution is 6.42. The molecule has 2 unspecified atom stereocenters. The molecular formula is C15H21Cl2NO. The summed E-state index contributed by atoms with van der Waals surface area (Å²) in [6, 6.07) is 5.71. The predicted molar refractivity (Wildman–Crippen MR) is 81.0 cm³/mol. The minimum atomic E-state index is -0.150. The highest BCUT2D eigenvalue weighted by Crippen LogP contribution is 2.36. The van der Waals surface area contributed by atoms with Gasteiger partial charge < -0.3 is 10.1 Å². The Hall–Kier alpha value is -0.280. The second kappa shape index (κ2) is 6.01. The van der Waals surface area contributed by atoms with E-state index in [1.165, 1.54) is 0 Å². The van der Waals surface area contributed by atoms with Crippen molar-refractivity contribution in [2.75, 3.05) is 13.1 Å². The average Bonchev–Trinajstić information content (AvgIpc) is 2.31. The van der Waals surface area contributed by atoms with E-state index in [1.807, 2.05) is 12.1 Å². The second-order valence-electron chi connectivity index (χ2n) is 5.93. The lowest BCUT2D eigenvalue weighted by Crippen LogP contribution is -2.49. The maximum atomic E-state index is 6.30. The Kier molecular flexibility index (Phi) is 4.78. The molecule has 0 aliphatic carbocycles. The van der Waals surface area contributed by atoms with Crippen molar-refractivity contribution < 1.29 is 4.74 Å². The number of benzene rings is 1. The van der Waals surface area contributed by atoms with Gasteiger partial charge in [-0.1, -0.05) is 49.2 Å². The quantitative estimate of drug-likeness (QED) is 0.890. The lowest BCUT2D eigenvalue weighted by Gasteiger charge is -2.40. The molecule has 1 aromatic rings. The van der Waals surface area contributed by atoms with Gasteiger partial charge in [-0.05, 0) is 25.3 Å². The molecule has 1 heterocycles. The summed E-state index contributed by atoms with van der Waals surface area (Å²) in [6.45, 7) is 8.23. The van der Waals surface area contributed by atoms with Gasteiger partial charge >= 0.3 is 0 Å². The Balaban J connectivity index is 2.19. The first-order chi connectivity index (χ1) is 8.91. The van der Waals surface area contributed by atoms with Gasteiger partial charge in [-0.15, -0.1) is 0 Å². The van der Waals surface area contributed by atoms with Gasteiger partial charge in [-0.25, -0.2) is 0 Å². The molecule has 1 N–H and O–H groups in total. The van der Waals surface area contributed by atoms with Crippen LogP contribution in [0.1, 0.15) is 38.9 Å². The van der Waals surface area contributed by atoms with Crippen molar-refractivity contribution in [3.05, 3.63) is 33.8 Å². The molecule has 0 radical (unpaired) electrons. The van der Waals surface area contributed by atoms with Gasteiger partial charge in [0.1, 0.15) is 0 Å². The fourth-order valence-corrected chi connectivity index (χ4v) is 3.25. The summed E-state index contributed by atoms with van der Waals surface area (Å²) in [6.07, 6.45) is 0.984. The summed E-state index contributed by atoms with van der Waals surface area (Å²) in [5.41, 5.74) is 0.819. The first-order valence-electron chi connectivity index (χ1n) is 6.74. The van der Waals surface area contributed by atoms with Crippen LogP contribution < -0.4 is 5.32 Å². The largest absolute Gasteiger partial charge is 0.365 e. The van der Waals surface area contributed by atoms with Gasteiger partial charge in [0.2, 0.25) is 0 Å². The summed E-state index contributed by atoms with van der Waals surface area (Å²) in [5.74, 6) is 0.598. The topological polar surface area (TPSA) is 21.3 Å². The Bertz CT molecular complexity index is 450. The number of nitrogens with one attached hydrogen (secondary N) is 1. The van der Waals surface area contributed by atoms with E-state index in [0.29, 0.717) is 16.0 Å². The number of rotatable bonds is 3. The van der Waals surface area contributed by atoms with Crippen molar-refractivity contribution in [2.24, 2.45) is 5.92 Å². The molecule has 2 nitrogen and oxygen atoms in total. The Morgan fingerprint density at radius 2 is 2.16 bits per heavy atom. The number of hydrogen-bond acceptors (Lipinski definition) is 2. The molecule has 106 valence electrons. The maximum Gasteiger partial charge on any atom is 0.0972 e. The lowest BCUT2D eigenvalue weighted by atomic mass is 9.91. The molecule has 1 aromatic carbocycles. The first-order valence-corrected chi connectivity index (χ1v) is 7.49. The standard InChI is InChI=1S/C15H21Cl2NO/c1-10(2)7-15(3)9-18-8-13(19-15)11-5-4-6-12(16)14(11)17/h4-6,10,13,18H,7-9H2,1-3H3. The van der Waals surface area contributed by atoms with Crippen LogP contribution in [0.15, 0.2) is 18.2 Å². The van der Waals surface area contributed by atoms with Crippen molar-refractivity contribution in [2.45, 2.75) is 38.9 Å². The van der Waals surface area contributed by atoms with Crippen LogP contribution >= 0.6 is 23.2 Å². The summed E-state index contributed by atoms with van der Waals surface area (Å²) in [4.78, 5) is 0. The molecule has 0 bridgehead atoms. The minimum Gasteiger partial charge on any atom is -0.365 e. The average molecular weight is 302 g/mol. The van der Waals surface area contributed by atoms with Crippen molar-refractivity contribution >= 4 is 23.2 Å². The zero-order valence-corrected chi connectivity index (χ0v) is 13.2. The van der Waals surface area contributed by atoms with E-state index >= 15 is 0 Å². The number of morpholine rings is 1. The van der Waals surface area contributed by atoms with Crippen molar-refractivity contribution in [3.8, 4) is 0 Å². The fourth-order valence-electron chi connectivity index (χ4n) is 2.82. The molecule has 2 rings (SSSR count). The van der Waals surface area contributed by atoms with Gasteiger partial charge in [-0.2, -0.15) is 0 Å². The Morgan fingerprint density at radius 1 is 1.42 bits per heavy atom. The molecule has 0 amide bonds. The molecule has 4 heteroatoms. The summed E-state index contributed by atoms with van der Waals surface area (Å²) < 4.78 is 6.30. The van der Waals surface area contributed by atoms with E-state index < -0.39 is 0 Å². The highest BCUT2D eigenvalue weighted by atomic mass is 35.5. The third-order valence-corrected chi connectivity index (χ3v) is 4.26. The van der Waals surface area contributed by atoms with Crippen LogP contribution in [0.25, 0.3) is 0 Å². The summed E-state index contributed by atoms with van der Waals surface area (Å²) in [5, 5.41) is 4.63. The number of ether oxygens (including phenoxy) is 1. The van der Waals surface area contributed by atoms with Crippen LogP contribution in [0, 0.1) is 5.92 Å². The van der Waals surface area contributed by atoms with Crippen LogP contribution in [-0.2, 0) is 4.74 Å². The van der Waals surface area contributed by atoms with Gasteiger partial charge in [0.05, 0.1) is 21.8 Å². The SMILES string of the molecule is CC(C)CC1(C)CNCC(c2cccc(Cl)c2Cl)O1. The molecule has 2 atom stereocenters. The van der Waals surface area contributed by atoms with Crippen LogP contribution in [0.2, 0.25) is 10.0 Å². The molecule has 0 spiro atoms. The smallest absolute Gasteiger partial charge is 0.0972 e. The van der Waals surface area contributed by atoms with E-state index in [1.54, 1.807) is 6.07 Å². The van der Waals surface area contributed by atoms with Gasteiger partial charge in [-0.3, -0.25) is 0 Å². The second-order valence-corrected chi connectivity index (χ2v) is 6.71. The zero-order chi connectivity index (χ0) is 14.0. The zero-order valence-electron chi connectivity index (χ0n) is 11.7. The fraction of sp³-hybridized carbons (Fsp3) is 0.600. The van der Waals surface area contributed by atoms with Crippen LogP contribution in [-0.4, -0.2) is 18.7 Å². The van der Waals surface area contributed by atoms with Gasteiger partial charge in [0.15, 0.2) is 0 Å². The number of hydrogen-bond donors (Lipinski definition) is 1. The minimum absolute atomic E-state index is 0.0382. The van der Waals surface area contributed by atoms with Crippen LogP contribution in [0.4, 0.5) is 0 Å². The van der Waals surface area contributed by atoms with Gasteiger partial charge in [0, 0.05) is 18.7 Å². The van der Waals surface area contributed by atoms with E-state index in [-0.39, 0.29) is 11.7 Å². The van der Waals surface area contributed by atoms with Gasteiger partial charge in [0.25, 0.3) is 0 Å². The van der Waals surface area contributed by atoms with E-state index in [2.05, 4.69) is 26.1 Å². The molecule has 19 heavy (non-hydrogen) atoms. The molecule has 0 saturated carbocycles. The normalized spacial score (nSPS) is 27.8. The van der Waals surface area contributed by atoms with E-state index in [4.69, 9.17) is 27.9 Å². The number of halogens is 2. The maximum absolute atomic E-state index is 6.30. The van der Waals surface area contributed by atoms with Crippen molar-refractivity contribution in [1.82, 2.24) is 5.32 Å². The summed E-state index contributed by atoms with van der Waals surface area (Å²) in [7, 11) is 0. The van der Waals surface area contributed by atoms with E-state index in [0.717, 1.165) is 25.1 Å². The monoisotopic (exact) mass is 301 g/mol. The molecule has 1 aliphatic heterocycles. The molecule has 1 fully saturated rings. The third-order valence-electron chi connectivity index (χ3n) is 3.42. The van der Waals surface area contributed by atoms with Crippen molar-refractivity contribution in [1.29, 1.82) is 0 Å². The lowest BCUT2D eigenvalue weighted by molar-refractivity contribution is -0.117.